The van der Waals surface area contributed by atoms with Gasteiger partial charge in [0.05, 0.1) is 0 Å². The molecule has 0 aromatic rings. The molecule has 1 heteroatoms. The fraction of sp³-hybridized carbons (Fsp3) is 1.00. The SMILES string of the molecule is CC.CC.CC.CC(C)C.CC(C)C.[2HH].[B]. The molecule has 0 aliphatic heterocycles. The van der Waals surface area contributed by atoms with Crippen molar-refractivity contribution in [2.45, 2.75) is 83.1 Å². The monoisotopic (exact) mass is 220 g/mol. The first-order valence-corrected chi connectivity index (χ1v) is 6.46. The van der Waals surface area contributed by atoms with Crippen molar-refractivity contribution in [3.8, 4) is 0 Å². The topological polar surface area (TPSA) is 0 Å². The fourth-order valence-electron chi connectivity index (χ4n) is 0. The Kier molecular flexibility index (Phi) is 158. The van der Waals surface area contributed by atoms with E-state index in [4.69, 9.17) is 0 Å². The van der Waals surface area contributed by atoms with Gasteiger partial charge >= 0.3 is 0 Å². The smallest absolute Gasteiger partial charge is 0 e. The van der Waals surface area contributed by atoms with Gasteiger partial charge in [-0.2, -0.15) is 0 Å². The zero-order valence-corrected chi connectivity index (χ0v) is 13.7. The van der Waals surface area contributed by atoms with Crippen LogP contribution < -0.4 is 0 Å². The van der Waals surface area contributed by atoms with E-state index >= 15 is 0 Å². The lowest BCUT2D eigenvalue weighted by atomic mass is 10.3. The van der Waals surface area contributed by atoms with Crippen LogP contribution in [0.2, 0.25) is 0 Å². The highest BCUT2D eigenvalue weighted by Crippen LogP contribution is 1.81. The molecule has 3 radical (unpaired) electrons. The Hall–Kier alpha value is 0.0649. The first-order valence-electron chi connectivity index (χ1n) is 6.46. The summed E-state index contributed by atoms with van der Waals surface area (Å²) in [6, 6.07) is 0. The maximum absolute atomic E-state index is 2.17. The van der Waals surface area contributed by atoms with Crippen LogP contribution >= 0.6 is 0 Å². The van der Waals surface area contributed by atoms with Crippen molar-refractivity contribution in [2.24, 2.45) is 11.8 Å². The van der Waals surface area contributed by atoms with E-state index < -0.39 is 0 Å². The van der Waals surface area contributed by atoms with Crippen molar-refractivity contribution < 1.29 is 1.43 Å². The van der Waals surface area contributed by atoms with Gasteiger partial charge in [-0.25, -0.2) is 0 Å². The van der Waals surface area contributed by atoms with Crippen LogP contribution in [-0.4, -0.2) is 8.41 Å². The van der Waals surface area contributed by atoms with Gasteiger partial charge in [-0.1, -0.05) is 83.1 Å². The standard InChI is InChI=1S/2C4H10.3C2H6.B.H2/c2*1-4(2)3;3*1-2;;/h2*4H,1-3H3;3*1-2H3;;1H/i;;;;;;1+1. The summed E-state index contributed by atoms with van der Waals surface area (Å²) in [6.07, 6.45) is 0. The Balaban J connectivity index is -0.0000000129. The van der Waals surface area contributed by atoms with E-state index in [1.165, 1.54) is 0 Å². The summed E-state index contributed by atoms with van der Waals surface area (Å²) in [7, 11) is 0. The summed E-state index contributed by atoms with van der Waals surface area (Å²) in [5.74, 6) is 1.67. The second-order valence-electron chi connectivity index (χ2n) is 3.46. The maximum atomic E-state index is 2.17. The van der Waals surface area contributed by atoms with Crippen molar-refractivity contribution in [1.29, 1.82) is 0 Å². The summed E-state index contributed by atoms with van der Waals surface area (Å²) in [4.78, 5) is 0. The van der Waals surface area contributed by atoms with Crippen molar-refractivity contribution in [3.05, 3.63) is 0 Å². The molecule has 99 valence electrons. The molecule has 0 amide bonds. The van der Waals surface area contributed by atoms with Gasteiger partial charge in [-0.3, -0.25) is 0 Å². The average Bonchev–Trinajstić information content (AvgIpc) is 2.12. The van der Waals surface area contributed by atoms with E-state index in [1.54, 1.807) is 0 Å². The van der Waals surface area contributed by atoms with Gasteiger partial charge in [0.15, 0.2) is 0 Å². The summed E-state index contributed by atoms with van der Waals surface area (Å²) < 4.78 is 0. The Bertz CT molecular complexity index is 26.2. The predicted octanol–water partition coefficient (Wildman–Crippen LogP) is 6.27. The molecule has 0 saturated carbocycles. The third kappa shape index (κ3) is 486000. The molecule has 0 unspecified atom stereocenters. The molecule has 0 N–H and O–H groups in total. The fourth-order valence-corrected chi connectivity index (χ4v) is 0. The Labute approximate surface area is 105 Å². The van der Waals surface area contributed by atoms with Gasteiger partial charge in [0.1, 0.15) is 0 Å². The lowest BCUT2D eigenvalue weighted by Crippen LogP contribution is -1.66. The van der Waals surface area contributed by atoms with Crippen LogP contribution in [0.5, 0.6) is 0 Å². The van der Waals surface area contributed by atoms with E-state index in [0.717, 1.165) is 11.8 Å². The molecule has 0 aromatic heterocycles. The Morgan fingerprint density at radius 1 is 0.467 bits per heavy atom. The molecular formula is C14H40B. The third-order valence-corrected chi connectivity index (χ3v) is 0. The van der Waals surface area contributed by atoms with Crippen LogP contribution in [0.25, 0.3) is 0 Å². The van der Waals surface area contributed by atoms with Gasteiger partial charge in [0, 0.05) is 9.84 Å². The highest BCUT2D eigenvalue weighted by Gasteiger charge is 1.68. The summed E-state index contributed by atoms with van der Waals surface area (Å²) >= 11 is 0. The predicted molar refractivity (Wildman–Crippen MR) is 82.9 cm³/mol. The van der Waals surface area contributed by atoms with E-state index in [-0.39, 0.29) is 9.84 Å². The van der Waals surface area contributed by atoms with E-state index in [2.05, 4.69) is 41.5 Å². The van der Waals surface area contributed by atoms with E-state index in [9.17, 15) is 0 Å². The lowest BCUT2D eigenvalue weighted by Gasteiger charge is -1.79. The van der Waals surface area contributed by atoms with Gasteiger partial charge < -0.3 is 0 Å². The second-order valence-corrected chi connectivity index (χ2v) is 3.46. The van der Waals surface area contributed by atoms with Crippen LogP contribution in [-0.2, 0) is 0 Å². The minimum absolute atomic E-state index is 0. The van der Waals surface area contributed by atoms with Crippen molar-refractivity contribution in [1.82, 2.24) is 0 Å². The molecule has 0 aliphatic carbocycles. The molecular weight excluding hydrogens is 179 g/mol. The summed E-state index contributed by atoms with van der Waals surface area (Å²) in [6.45, 7) is 25.0. The highest BCUT2D eigenvalue weighted by molar-refractivity contribution is 5.75. The molecule has 0 bridgehead atoms. The average molecular weight is 220 g/mol. The molecule has 0 rings (SSSR count). The third-order valence-electron chi connectivity index (χ3n) is 0. The molecule has 0 saturated heterocycles. The number of hydrogen-bond donors (Lipinski definition) is 0. The largest absolute Gasteiger partial charge is 0.0683 e. The first-order chi connectivity index (χ1) is 6.46. The van der Waals surface area contributed by atoms with Gasteiger partial charge in [-0.05, 0) is 11.8 Å². The maximum Gasteiger partial charge on any atom is 0 e. The zero-order chi connectivity index (χ0) is 13.2. The highest BCUT2D eigenvalue weighted by atomic mass is 13.7. The molecule has 15 heavy (non-hydrogen) atoms. The zero-order valence-electron chi connectivity index (χ0n) is 13.7. The molecule has 0 heterocycles. The quantitative estimate of drug-likeness (QED) is 0.422. The van der Waals surface area contributed by atoms with Gasteiger partial charge in [-0.15, -0.1) is 0 Å². The van der Waals surface area contributed by atoms with E-state index in [1.807, 2.05) is 41.5 Å². The van der Waals surface area contributed by atoms with Crippen LogP contribution in [0.4, 0.5) is 0 Å². The lowest BCUT2D eigenvalue weighted by molar-refractivity contribution is 0.736. The first kappa shape index (κ1) is 36.3. The molecule has 0 nitrogen and oxygen atoms in total. The second kappa shape index (κ2) is 65.3. The molecule has 0 aromatic carbocycles. The van der Waals surface area contributed by atoms with Crippen LogP contribution in [0.15, 0.2) is 0 Å². The summed E-state index contributed by atoms with van der Waals surface area (Å²) in [5.41, 5.74) is 0. The van der Waals surface area contributed by atoms with Crippen LogP contribution in [0, 0.1) is 11.8 Å². The molecule has 0 fully saturated rings. The normalized spacial score (nSPS) is 6.00. The minimum Gasteiger partial charge on any atom is -0.0683 e. The van der Waals surface area contributed by atoms with Crippen molar-refractivity contribution in [2.75, 3.05) is 0 Å². The number of hydrogen-bond acceptors (Lipinski definition) is 0. The van der Waals surface area contributed by atoms with Crippen molar-refractivity contribution >= 4 is 8.41 Å². The summed E-state index contributed by atoms with van der Waals surface area (Å²) in [5, 5.41) is 0. The number of rotatable bonds is 0. The van der Waals surface area contributed by atoms with Crippen molar-refractivity contribution in [3.63, 3.8) is 0 Å². The Morgan fingerprint density at radius 2 is 0.467 bits per heavy atom. The molecule has 0 aliphatic rings. The van der Waals surface area contributed by atoms with Crippen LogP contribution in [0.1, 0.15) is 84.5 Å². The van der Waals surface area contributed by atoms with Gasteiger partial charge in [0.25, 0.3) is 0 Å². The molecule has 0 atom stereocenters. The molecule has 0 spiro atoms. The van der Waals surface area contributed by atoms with Crippen LogP contribution in [0.3, 0.4) is 0 Å². The Morgan fingerprint density at radius 3 is 0.467 bits per heavy atom. The van der Waals surface area contributed by atoms with E-state index in [0.29, 0.717) is 0 Å². The van der Waals surface area contributed by atoms with Gasteiger partial charge in [0.2, 0.25) is 0 Å². The minimum atomic E-state index is 0.